The van der Waals surface area contributed by atoms with Crippen molar-refractivity contribution in [3.63, 3.8) is 0 Å². The molecule has 1 aromatic rings. The molecule has 1 heterocycles. The van der Waals surface area contributed by atoms with Crippen molar-refractivity contribution < 1.29 is 23.4 Å². The predicted molar refractivity (Wildman–Crippen MR) is 13.9 cm³/mol. The SMILES string of the molecule is [Ir][c]1conn1. The molecule has 0 radical (unpaired) electrons. The Bertz CT molecular complexity index is 115. The maximum atomic E-state index is 4.35. The van der Waals surface area contributed by atoms with Crippen LogP contribution in [-0.2, 0) is 18.9 Å². The molecule has 0 amide bonds. The van der Waals surface area contributed by atoms with Crippen LogP contribution in [0.25, 0.3) is 0 Å². The van der Waals surface area contributed by atoms with Gasteiger partial charge < -0.3 is 0 Å². The van der Waals surface area contributed by atoms with Crippen LogP contribution in [0, 0.1) is 0 Å². The summed E-state index contributed by atoms with van der Waals surface area (Å²) in [6, 6.07) is 0. The zero-order chi connectivity index (χ0) is 4.41. The topological polar surface area (TPSA) is 38.9 Å². The van der Waals surface area contributed by atoms with E-state index < -0.39 is 0 Å². The Morgan fingerprint density at radius 2 is 2.67 bits per heavy atom. The van der Waals surface area contributed by atoms with E-state index in [9.17, 15) is 0 Å². The third kappa shape index (κ3) is 0.640. The Hall–Kier alpha value is -0.211. The minimum absolute atomic E-state index is 0.815. The van der Waals surface area contributed by atoms with Crippen LogP contribution in [0.2, 0.25) is 0 Å². The van der Waals surface area contributed by atoms with E-state index in [-0.39, 0.29) is 0 Å². The Labute approximate surface area is 44.9 Å². The number of rotatable bonds is 0. The molecule has 1 rings (SSSR count). The van der Waals surface area contributed by atoms with Crippen molar-refractivity contribution in [1.29, 1.82) is 0 Å². The third-order valence-corrected chi connectivity index (χ3v) is 0.846. The van der Waals surface area contributed by atoms with Gasteiger partial charge in [-0.3, -0.25) is 0 Å². The third-order valence-electron chi connectivity index (χ3n) is 0.324. The van der Waals surface area contributed by atoms with Gasteiger partial charge in [-0.1, -0.05) is 0 Å². The van der Waals surface area contributed by atoms with Gasteiger partial charge in [0.15, 0.2) is 0 Å². The average molecular weight is 261 g/mol. The van der Waals surface area contributed by atoms with Crippen molar-refractivity contribution in [3.05, 3.63) is 6.26 Å². The number of hydrogen-bond acceptors (Lipinski definition) is 3. The number of nitrogens with zero attached hydrogens (tertiary/aromatic N) is 2. The van der Waals surface area contributed by atoms with Crippen molar-refractivity contribution in [1.82, 2.24) is 10.4 Å². The molecule has 6 heavy (non-hydrogen) atoms. The van der Waals surface area contributed by atoms with E-state index in [0.29, 0.717) is 0 Å². The van der Waals surface area contributed by atoms with E-state index in [1.54, 1.807) is 0 Å². The predicted octanol–water partition coefficient (Wildman–Crippen LogP) is -0.758. The fourth-order valence-corrected chi connectivity index (χ4v) is 0.373. The molecule has 3 nitrogen and oxygen atoms in total. The first kappa shape index (κ1) is 3.96. The fourth-order valence-electron chi connectivity index (χ4n) is 0.149. The van der Waals surface area contributed by atoms with Gasteiger partial charge in [-0.25, -0.2) is 0 Å². The normalized spacial score (nSPS) is 9.00. The van der Waals surface area contributed by atoms with Gasteiger partial charge in [-0.15, -0.1) is 0 Å². The first-order valence-electron chi connectivity index (χ1n) is 1.30. The van der Waals surface area contributed by atoms with Crippen molar-refractivity contribution in [2.75, 3.05) is 0 Å². The van der Waals surface area contributed by atoms with Gasteiger partial charge in [0.25, 0.3) is 0 Å². The number of aromatic nitrogens is 2. The second-order valence-corrected chi connectivity index (χ2v) is 1.93. The second-order valence-electron chi connectivity index (χ2n) is 0.705. The first-order chi connectivity index (χ1) is 2.89. The van der Waals surface area contributed by atoms with Crippen LogP contribution in [0.15, 0.2) is 10.8 Å². The molecule has 1 aromatic heterocycles. The Morgan fingerprint density at radius 3 is 2.83 bits per heavy atom. The Balaban J connectivity index is 3.05. The van der Waals surface area contributed by atoms with Gasteiger partial charge in [-0.05, 0) is 0 Å². The Morgan fingerprint density at radius 1 is 1.83 bits per heavy atom. The molecule has 0 aliphatic rings. The molecule has 0 saturated carbocycles. The number of hydrogen-bond donors (Lipinski definition) is 0. The maximum absolute atomic E-state index is 4.35. The summed E-state index contributed by atoms with van der Waals surface area (Å²) in [7, 11) is 0. The molecule has 0 fully saturated rings. The van der Waals surface area contributed by atoms with Crippen molar-refractivity contribution in [3.8, 4) is 0 Å². The van der Waals surface area contributed by atoms with E-state index in [1.165, 1.54) is 6.26 Å². The van der Waals surface area contributed by atoms with Gasteiger partial charge in [0, 0.05) is 0 Å². The van der Waals surface area contributed by atoms with Crippen molar-refractivity contribution in [2.24, 2.45) is 0 Å². The molecule has 0 atom stereocenters. The molecule has 4 heteroatoms. The van der Waals surface area contributed by atoms with Crippen molar-refractivity contribution >= 4 is 4.21 Å². The summed E-state index contributed by atoms with van der Waals surface area (Å²) < 4.78 is 5.17. The zero-order valence-electron chi connectivity index (χ0n) is 2.71. The van der Waals surface area contributed by atoms with E-state index in [4.69, 9.17) is 0 Å². The van der Waals surface area contributed by atoms with E-state index >= 15 is 0 Å². The van der Waals surface area contributed by atoms with Crippen LogP contribution in [0.5, 0.6) is 0 Å². The molecular formula is C2HIrN2O. The van der Waals surface area contributed by atoms with Gasteiger partial charge >= 0.3 is 44.3 Å². The standard InChI is InChI=1S/C2HN2O.Ir/c1-2-5-4-3-1;/h2H;. The van der Waals surface area contributed by atoms with Crippen LogP contribution in [-0.4, -0.2) is 10.4 Å². The minimum atomic E-state index is 0.815. The molecule has 0 aliphatic carbocycles. The molecule has 0 saturated heterocycles. The zero-order valence-corrected chi connectivity index (χ0v) is 5.11. The van der Waals surface area contributed by atoms with E-state index in [2.05, 4.69) is 14.9 Å². The Kier molecular flexibility index (Phi) is 0.985. The molecule has 0 N–H and O–H groups in total. The summed E-state index contributed by atoms with van der Waals surface area (Å²) in [5.74, 6) is 0. The van der Waals surface area contributed by atoms with E-state index in [0.717, 1.165) is 4.21 Å². The molecule has 0 spiro atoms. The van der Waals surface area contributed by atoms with Crippen LogP contribution in [0.3, 0.4) is 0 Å². The summed E-state index contributed by atoms with van der Waals surface area (Å²) >= 11 is 1.82. The van der Waals surface area contributed by atoms with Gasteiger partial charge in [-0.2, -0.15) is 0 Å². The molecule has 0 aromatic carbocycles. The van der Waals surface area contributed by atoms with Crippen LogP contribution < -0.4 is 4.21 Å². The van der Waals surface area contributed by atoms with Crippen LogP contribution in [0.1, 0.15) is 0 Å². The summed E-state index contributed by atoms with van der Waals surface area (Å²) in [6.07, 6.45) is 1.49. The monoisotopic (exact) mass is 262 g/mol. The van der Waals surface area contributed by atoms with Crippen molar-refractivity contribution in [2.45, 2.75) is 0 Å². The van der Waals surface area contributed by atoms with E-state index in [1.807, 2.05) is 18.9 Å². The summed E-state index contributed by atoms with van der Waals surface area (Å²) in [5, 5.41) is 6.70. The fraction of sp³-hybridized carbons (Fsp3) is 0. The molecule has 0 unspecified atom stereocenters. The quantitative estimate of drug-likeness (QED) is 0.616. The molecule has 0 bridgehead atoms. The average Bonchev–Trinajstić information content (AvgIpc) is 1.86. The van der Waals surface area contributed by atoms with Crippen LogP contribution in [0.4, 0.5) is 0 Å². The van der Waals surface area contributed by atoms with Gasteiger partial charge in [0.1, 0.15) is 0 Å². The molecule has 0 aliphatic heterocycles. The second kappa shape index (κ2) is 1.49. The molecular weight excluding hydrogens is 260 g/mol. The summed E-state index contributed by atoms with van der Waals surface area (Å²) in [6.45, 7) is 0. The van der Waals surface area contributed by atoms with Gasteiger partial charge in [0.2, 0.25) is 0 Å². The first-order valence-corrected chi connectivity index (χ1v) is 2.49. The summed E-state index contributed by atoms with van der Waals surface area (Å²) in [5.41, 5.74) is 0. The van der Waals surface area contributed by atoms with Crippen LogP contribution >= 0.6 is 0 Å². The summed E-state index contributed by atoms with van der Waals surface area (Å²) in [4.78, 5) is 0. The van der Waals surface area contributed by atoms with Gasteiger partial charge in [0.05, 0.1) is 0 Å². The molecule has 34 valence electrons.